The molecule has 0 aromatic carbocycles. The molecule has 2 saturated carbocycles. The van der Waals surface area contributed by atoms with Gasteiger partial charge in [-0.25, -0.2) is 4.98 Å². The Kier molecular flexibility index (Phi) is 3.17. The molecular weight excluding hydrogens is 280 g/mol. The molecular formula is C16H18N4O2. The van der Waals surface area contributed by atoms with Crippen LogP contribution in [0.1, 0.15) is 25.7 Å². The number of carbonyl (C=O) groups excluding carboxylic acids is 1. The molecule has 6 nitrogen and oxygen atoms in total. The second kappa shape index (κ2) is 5.19. The molecule has 0 aliphatic heterocycles. The first-order valence-corrected chi connectivity index (χ1v) is 7.81. The summed E-state index contributed by atoms with van der Waals surface area (Å²) >= 11 is 0. The number of rotatable bonds is 5. The van der Waals surface area contributed by atoms with Gasteiger partial charge in [0.15, 0.2) is 0 Å². The molecule has 114 valence electrons. The summed E-state index contributed by atoms with van der Waals surface area (Å²) in [6.07, 6.45) is 9.40. The molecule has 1 N–H and O–H groups in total. The summed E-state index contributed by atoms with van der Waals surface area (Å²) in [5.41, 5.74) is 0.356. The van der Waals surface area contributed by atoms with Gasteiger partial charge in [0.05, 0.1) is 23.4 Å². The zero-order valence-electron chi connectivity index (χ0n) is 12.2. The smallest absolute Gasteiger partial charge is 0.261 e. The largest absolute Gasteiger partial charge is 0.351 e. The fourth-order valence-electron chi connectivity index (χ4n) is 3.04. The van der Waals surface area contributed by atoms with Crippen molar-refractivity contribution in [2.24, 2.45) is 11.8 Å². The minimum atomic E-state index is -0.197. The number of hydrogen-bond acceptors (Lipinski definition) is 4. The van der Waals surface area contributed by atoms with Gasteiger partial charge in [-0.1, -0.05) is 0 Å². The predicted molar refractivity (Wildman–Crippen MR) is 81.2 cm³/mol. The molecule has 2 heterocycles. The summed E-state index contributed by atoms with van der Waals surface area (Å²) in [6, 6.07) is 1.94. The van der Waals surface area contributed by atoms with Crippen LogP contribution in [-0.4, -0.2) is 26.5 Å². The first-order chi connectivity index (χ1) is 10.7. The molecule has 2 aromatic heterocycles. The van der Waals surface area contributed by atoms with Gasteiger partial charge in [-0.05, 0) is 43.6 Å². The highest BCUT2D eigenvalue weighted by atomic mass is 16.2. The van der Waals surface area contributed by atoms with Crippen molar-refractivity contribution in [3.63, 3.8) is 0 Å². The first-order valence-electron chi connectivity index (χ1n) is 7.81. The van der Waals surface area contributed by atoms with E-state index in [1.807, 2.05) is 0 Å². The molecule has 2 aromatic rings. The van der Waals surface area contributed by atoms with Gasteiger partial charge in [-0.2, -0.15) is 0 Å². The molecule has 0 spiro atoms. The summed E-state index contributed by atoms with van der Waals surface area (Å²) in [4.78, 5) is 32.8. The van der Waals surface area contributed by atoms with E-state index in [1.165, 1.54) is 36.6 Å². The zero-order valence-corrected chi connectivity index (χ0v) is 12.2. The Labute approximate surface area is 127 Å². The quantitative estimate of drug-likeness (QED) is 0.896. The van der Waals surface area contributed by atoms with E-state index in [2.05, 4.69) is 15.3 Å². The van der Waals surface area contributed by atoms with Crippen LogP contribution >= 0.6 is 0 Å². The van der Waals surface area contributed by atoms with Gasteiger partial charge in [0.1, 0.15) is 6.54 Å². The SMILES string of the molecule is O=C(Cn1cnc2cnccc2c1=O)NC(C1CC1)C1CC1. The maximum atomic E-state index is 12.4. The number of pyridine rings is 1. The van der Waals surface area contributed by atoms with E-state index < -0.39 is 0 Å². The van der Waals surface area contributed by atoms with Gasteiger partial charge in [-0.3, -0.25) is 19.1 Å². The highest BCUT2D eigenvalue weighted by molar-refractivity contribution is 5.78. The van der Waals surface area contributed by atoms with Crippen LogP contribution < -0.4 is 10.9 Å². The molecule has 4 rings (SSSR count). The van der Waals surface area contributed by atoms with Crippen molar-refractivity contribution in [2.45, 2.75) is 38.3 Å². The number of carbonyl (C=O) groups is 1. The summed E-state index contributed by atoms with van der Waals surface area (Å²) in [6.45, 7) is 0.0278. The number of nitrogens with one attached hydrogen (secondary N) is 1. The maximum absolute atomic E-state index is 12.4. The maximum Gasteiger partial charge on any atom is 0.261 e. The van der Waals surface area contributed by atoms with Crippen molar-refractivity contribution >= 4 is 16.8 Å². The summed E-state index contributed by atoms with van der Waals surface area (Å²) in [5, 5.41) is 3.62. The minimum absolute atomic E-state index is 0.0278. The van der Waals surface area contributed by atoms with Crippen LogP contribution in [0.15, 0.2) is 29.6 Å². The Balaban J connectivity index is 1.51. The van der Waals surface area contributed by atoms with E-state index in [0.717, 1.165) is 0 Å². The number of hydrogen-bond donors (Lipinski definition) is 1. The Hall–Kier alpha value is -2.24. The molecule has 2 aliphatic rings. The Morgan fingerprint density at radius 1 is 1.32 bits per heavy atom. The highest BCUT2D eigenvalue weighted by Gasteiger charge is 2.42. The van der Waals surface area contributed by atoms with Gasteiger partial charge >= 0.3 is 0 Å². The van der Waals surface area contributed by atoms with Gasteiger partial charge < -0.3 is 5.32 Å². The highest BCUT2D eigenvalue weighted by Crippen LogP contribution is 2.44. The van der Waals surface area contributed by atoms with Crippen LogP contribution in [0.5, 0.6) is 0 Å². The third-order valence-corrected chi connectivity index (χ3v) is 4.53. The van der Waals surface area contributed by atoms with E-state index in [1.54, 1.807) is 18.5 Å². The molecule has 6 heteroatoms. The van der Waals surface area contributed by atoms with Crippen molar-refractivity contribution in [3.05, 3.63) is 35.1 Å². The van der Waals surface area contributed by atoms with E-state index in [9.17, 15) is 9.59 Å². The van der Waals surface area contributed by atoms with Crippen molar-refractivity contribution in [1.29, 1.82) is 0 Å². The molecule has 22 heavy (non-hydrogen) atoms. The first kappa shape index (κ1) is 13.4. The molecule has 0 unspecified atom stereocenters. The molecule has 0 saturated heterocycles. The van der Waals surface area contributed by atoms with Crippen molar-refractivity contribution in [3.8, 4) is 0 Å². The fourth-order valence-corrected chi connectivity index (χ4v) is 3.04. The van der Waals surface area contributed by atoms with E-state index in [-0.39, 0.29) is 18.0 Å². The van der Waals surface area contributed by atoms with Crippen molar-refractivity contribution in [1.82, 2.24) is 19.9 Å². The number of nitrogens with zero attached hydrogens (tertiary/aromatic N) is 3. The molecule has 0 bridgehead atoms. The topological polar surface area (TPSA) is 76.9 Å². The molecule has 1 amide bonds. The Morgan fingerprint density at radius 2 is 2.05 bits per heavy atom. The average molecular weight is 298 g/mol. The third kappa shape index (κ3) is 2.61. The van der Waals surface area contributed by atoms with E-state index >= 15 is 0 Å². The zero-order chi connectivity index (χ0) is 15.1. The molecule has 0 atom stereocenters. The van der Waals surface area contributed by atoms with Crippen LogP contribution in [0.3, 0.4) is 0 Å². The van der Waals surface area contributed by atoms with Crippen LogP contribution in [0.4, 0.5) is 0 Å². The molecule has 2 fully saturated rings. The van der Waals surface area contributed by atoms with Crippen LogP contribution in [0.25, 0.3) is 10.9 Å². The Morgan fingerprint density at radius 3 is 2.73 bits per heavy atom. The second-order valence-electron chi connectivity index (χ2n) is 6.34. The normalized spacial score (nSPS) is 17.9. The average Bonchev–Trinajstić information content (AvgIpc) is 3.40. The minimum Gasteiger partial charge on any atom is -0.351 e. The van der Waals surface area contributed by atoms with Gasteiger partial charge in [-0.15, -0.1) is 0 Å². The van der Waals surface area contributed by atoms with Gasteiger partial charge in [0.25, 0.3) is 5.56 Å². The van der Waals surface area contributed by atoms with Crippen molar-refractivity contribution < 1.29 is 4.79 Å². The number of amides is 1. The monoisotopic (exact) mass is 298 g/mol. The lowest BCUT2D eigenvalue weighted by atomic mass is 10.1. The third-order valence-electron chi connectivity index (χ3n) is 4.53. The fraction of sp³-hybridized carbons (Fsp3) is 0.500. The summed E-state index contributed by atoms with van der Waals surface area (Å²) in [7, 11) is 0. The lowest BCUT2D eigenvalue weighted by Gasteiger charge is -2.18. The van der Waals surface area contributed by atoms with Crippen LogP contribution in [-0.2, 0) is 11.3 Å². The van der Waals surface area contributed by atoms with E-state index in [0.29, 0.717) is 28.8 Å². The molecule has 0 radical (unpaired) electrons. The van der Waals surface area contributed by atoms with Gasteiger partial charge in [0.2, 0.25) is 5.91 Å². The van der Waals surface area contributed by atoms with E-state index in [4.69, 9.17) is 0 Å². The van der Waals surface area contributed by atoms with Crippen LogP contribution in [0, 0.1) is 11.8 Å². The molecule has 2 aliphatic carbocycles. The second-order valence-corrected chi connectivity index (χ2v) is 6.34. The van der Waals surface area contributed by atoms with Gasteiger partial charge in [0, 0.05) is 12.2 Å². The Bertz CT molecular complexity index is 765. The summed E-state index contributed by atoms with van der Waals surface area (Å²) in [5.74, 6) is 1.20. The lowest BCUT2D eigenvalue weighted by Crippen LogP contribution is -2.41. The predicted octanol–water partition coefficient (Wildman–Crippen LogP) is 1.10. The number of aromatic nitrogens is 3. The standard InChI is InChI=1S/C16H18N4O2/c21-14(19-15(10-1-2-10)11-3-4-11)8-20-9-18-13-7-17-6-5-12(13)16(20)22/h5-7,9-11,15H,1-4,8H2,(H,19,21). The summed E-state index contributed by atoms with van der Waals surface area (Å²) < 4.78 is 1.37. The van der Waals surface area contributed by atoms with Crippen molar-refractivity contribution in [2.75, 3.05) is 0 Å². The van der Waals surface area contributed by atoms with Crippen LogP contribution in [0.2, 0.25) is 0 Å². The number of fused-ring (bicyclic) bond motifs is 1. The lowest BCUT2D eigenvalue weighted by molar-refractivity contribution is -0.122.